The lowest BCUT2D eigenvalue weighted by Crippen LogP contribution is -2.29. The van der Waals surface area contributed by atoms with Crippen LogP contribution in [0.5, 0.6) is 0 Å². The van der Waals surface area contributed by atoms with Crippen LogP contribution in [-0.2, 0) is 4.74 Å². The molecule has 4 aromatic rings. The van der Waals surface area contributed by atoms with E-state index in [2.05, 4.69) is 10.2 Å². The predicted octanol–water partition coefficient (Wildman–Crippen LogP) is 5.00. The lowest BCUT2D eigenvalue weighted by atomic mass is 9.96. The number of benzene rings is 3. The van der Waals surface area contributed by atoms with Gasteiger partial charge in [-0.05, 0) is 36.8 Å². The molecule has 1 amide bonds. The maximum atomic E-state index is 13.5. The summed E-state index contributed by atoms with van der Waals surface area (Å²) in [4.78, 5) is 27.3. The molecule has 0 bridgehead atoms. The van der Waals surface area contributed by atoms with Gasteiger partial charge in [0.1, 0.15) is 5.69 Å². The third-order valence-corrected chi connectivity index (χ3v) is 5.59. The molecule has 0 aliphatic carbocycles. The average Bonchev–Trinajstić information content (AvgIpc) is 3.39. The molecule has 2 heterocycles. The molecule has 0 fully saturated rings. The molecule has 3 aromatic carbocycles. The third-order valence-electron chi connectivity index (χ3n) is 5.59. The minimum absolute atomic E-state index is 0.160. The fourth-order valence-electron chi connectivity index (χ4n) is 4.15. The number of hydrogen-bond donors (Lipinski definition) is 1. The van der Waals surface area contributed by atoms with Crippen LogP contribution in [0.25, 0.3) is 11.3 Å². The van der Waals surface area contributed by atoms with E-state index in [0.29, 0.717) is 23.6 Å². The Labute approximate surface area is 185 Å². The molecule has 158 valence electrons. The Morgan fingerprint density at radius 1 is 0.969 bits per heavy atom. The van der Waals surface area contributed by atoms with Gasteiger partial charge in [-0.25, -0.2) is 4.79 Å². The Morgan fingerprint density at radius 2 is 1.62 bits per heavy atom. The van der Waals surface area contributed by atoms with Gasteiger partial charge in [0.15, 0.2) is 0 Å². The second kappa shape index (κ2) is 8.15. The van der Waals surface area contributed by atoms with Crippen LogP contribution in [-0.4, -0.2) is 28.7 Å². The monoisotopic (exact) mass is 423 g/mol. The minimum atomic E-state index is -0.382. The smallest absolute Gasteiger partial charge is 0.338 e. The van der Waals surface area contributed by atoms with Gasteiger partial charge in [0.05, 0.1) is 23.9 Å². The van der Waals surface area contributed by atoms with E-state index in [0.717, 1.165) is 22.4 Å². The van der Waals surface area contributed by atoms with Crippen molar-refractivity contribution >= 4 is 17.6 Å². The Morgan fingerprint density at radius 3 is 2.28 bits per heavy atom. The standard InChI is InChI=1S/C26H21N3O3/c1-2-32-26(31)19-13-15-20(16-14-19)29-24(18-11-7-4-8-12-18)21-22(17-9-5-3-6-10-17)27-28-23(21)25(29)30/h3-16,24H,2H2,1H3,(H,27,28)/t24-/m0/s1. The third kappa shape index (κ3) is 3.26. The normalized spacial score (nSPS) is 15.0. The van der Waals surface area contributed by atoms with Crippen LogP contribution in [0.15, 0.2) is 84.9 Å². The predicted molar refractivity (Wildman–Crippen MR) is 122 cm³/mol. The number of fused-ring (bicyclic) bond motifs is 1. The number of nitrogens with zero attached hydrogens (tertiary/aromatic N) is 2. The fraction of sp³-hybridized carbons (Fsp3) is 0.115. The second-order valence-electron chi connectivity index (χ2n) is 7.48. The topological polar surface area (TPSA) is 75.3 Å². The van der Waals surface area contributed by atoms with E-state index < -0.39 is 0 Å². The number of aromatic nitrogens is 2. The Balaban J connectivity index is 1.62. The summed E-state index contributed by atoms with van der Waals surface area (Å²) in [6.07, 6.45) is 0. The van der Waals surface area contributed by atoms with Crippen molar-refractivity contribution in [2.45, 2.75) is 13.0 Å². The van der Waals surface area contributed by atoms with Gasteiger partial charge in [0, 0.05) is 16.8 Å². The molecule has 6 heteroatoms. The molecule has 5 rings (SSSR count). The summed E-state index contributed by atoms with van der Waals surface area (Å²) in [5, 5.41) is 7.45. The van der Waals surface area contributed by atoms with E-state index in [1.165, 1.54) is 0 Å². The molecule has 32 heavy (non-hydrogen) atoms. The molecule has 0 spiro atoms. The van der Waals surface area contributed by atoms with Crippen LogP contribution < -0.4 is 4.90 Å². The van der Waals surface area contributed by atoms with Crippen molar-refractivity contribution in [1.82, 2.24) is 10.2 Å². The van der Waals surface area contributed by atoms with Crippen molar-refractivity contribution in [3.8, 4) is 11.3 Å². The van der Waals surface area contributed by atoms with E-state index >= 15 is 0 Å². The van der Waals surface area contributed by atoms with Gasteiger partial charge in [0.25, 0.3) is 5.91 Å². The van der Waals surface area contributed by atoms with E-state index in [1.54, 1.807) is 36.1 Å². The summed E-state index contributed by atoms with van der Waals surface area (Å²) in [5.41, 5.74) is 5.15. The first kappa shape index (κ1) is 19.8. The highest BCUT2D eigenvalue weighted by atomic mass is 16.5. The van der Waals surface area contributed by atoms with Gasteiger partial charge in [-0.15, -0.1) is 0 Å². The molecule has 6 nitrogen and oxygen atoms in total. The van der Waals surface area contributed by atoms with Crippen LogP contribution in [0.2, 0.25) is 0 Å². The number of hydrogen-bond acceptors (Lipinski definition) is 4. The molecule has 1 aliphatic rings. The minimum Gasteiger partial charge on any atom is -0.462 e. The highest BCUT2D eigenvalue weighted by Crippen LogP contribution is 2.44. The summed E-state index contributed by atoms with van der Waals surface area (Å²) in [6, 6.07) is 26.3. The molecule has 0 saturated heterocycles. The molecule has 1 atom stereocenters. The van der Waals surface area contributed by atoms with Crippen LogP contribution in [0.1, 0.15) is 44.9 Å². The molecule has 1 aromatic heterocycles. The van der Waals surface area contributed by atoms with Crippen molar-refractivity contribution in [2.24, 2.45) is 0 Å². The lowest BCUT2D eigenvalue weighted by molar-refractivity contribution is 0.0526. The van der Waals surface area contributed by atoms with Gasteiger partial charge >= 0.3 is 5.97 Å². The fourth-order valence-corrected chi connectivity index (χ4v) is 4.15. The Kier molecular flexibility index (Phi) is 5.03. The van der Waals surface area contributed by atoms with Gasteiger partial charge in [-0.3, -0.25) is 14.8 Å². The second-order valence-corrected chi connectivity index (χ2v) is 7.48. The number of ether oxygens (including phenoxy) is 1. The number of anilines is 1. The van der Waals surface area contributed by atoms with Crippen molar-refractivity contribution in [1.29, 1.82) is 0 Å². The first-order valence-corrected chi connectivity index (χ1v) is 10.5. The van der Waals surface area contributed by atoms with E-state index in [9.17, 15) is 9.59 Å². The number of amides is 1. The summed E-state index contributed by atoms with van der Waals surface area (Å²) < 4.78 is 5.08. The summed E-state index contributed by atoms with van der Waals surface area (Å²) in [6.45, 7) is 2.08. The van der Waals surface area contributed by atoms with Gasteiger partial charge < -0.3 is 4.74 Å². The number of esters is 1. The quantitative estimate of drug-likeness (QED) is 0.458. The van der Waals surface area contributed by atoms with Gasteiger partial charge in [-0.1, -0.05) is 60.7 Å². The Bertz CT molecular complexity index is 1260. The first-order chi connectivity index (χ1) is 15.7. The molecule has 1 N–H and O–H groups in total. The zero-order chi connectivity index (χ0) is 22.1. The van der Waals surface area contributed by atoms with Crippen LogP contribution >= 0.6 is 0 Å². The van der Waals surface area contributed by atoms with Crippen molar-refractivity contribution in [2.75, 3.05) is 11.5 Å². The highest BCUT2D eigenvalue weighted by Gasteiger charge is 2.43. The van der Waals surface area contributed by atoms with E-state index in [4.69, 9.17) is 4.74 Å². The number of rotatable bonds is 5. The number of nitrogens with one attached hydrogen (secondary N) is 1. The van der Waals surface area contributed by atoms with Crippen LogP contribution in [0, 0.1) is 0 Å². The van der Waals surface area contributed by atoms with Crippen LogP contribution in [0.4, 0.5) is 5.69 Å². The van der Waals surface area contributed by atoms with E-state index in [1.807, 2.05) is 60.7 Å². The molecular formula is C26H21N3O3. The number of aromatic amines is 1. The van der Waals surface area contributed by atoms with Gasteiger partial charge in [-0.2, -0.15) is 5.10 Å². The Hall–Kier alpha value is -4.19. The maximum absolute atomic E-state index is 13.5. The first-order valence-electron chi connectivity index (χ1n) is 10.5. The molecule has 1 aliphatic heterocycles. The lowest BCUT2D eigenvalue weighted by Gasteiger charge is -2.26. The number of H-pyrrole nitrogens is 1. The van der Waals surface area contributed by atoms with Crippen LogP contribution in [0.3, 0.4) is 0 Å². The SMILES string of the molecule is CCOC(=O)c1ccc(N2C(=O)c3[nH]nc(-c4ccccc4)c3[C@@H]2c2ccccc2)cc1. The zero-order valence-corrected chi connectivity index (χ0v) is 17.5. The largest absolute Gasteiger partial charge is 0.462 e. The van der Waals surface area contributed by atoms with Crippen molar-refractivity contribution in [3.05, 3.63) is 107 Å². The molecular weight excluding hydrogens is 402 g/mol. The summed E-state index contributed by atoms with van der Waals surface area (Å²) in [7, 11) is 0. The maximum Gasteiger partial charge on any atom is 0.338 e. The molecule has 0 radical (unpaired) electrons. The average molecular weight is 423 g/mol. The molecule has 0 saturated carbocycles. The van der Waals surface area contributed by atoms with Crippen molar-refractivity contribution in [3.63, 3.8) is 0 Å². The van der Waals surface area contributed by atoms with Crippen molar-refractivity contribution < 1.29 is 14.3 Å². The number of carbonyl (C=O) groups excluding carboxylic acids is 2. The summed E-state index contributed by atoms with van der Waals surface area (Å²) >= 11 is 0. The zero-order valence-electron chi connectivity index (χ0n) is 17.5. The highest BCUT2D eigenvalue weighted by molar-refractivity contribution is 6.11. The van der Waals surface area contributed by atoms with E-state index in [-0.39, 0.29) is 17.9 Å². The molecule has 0 unspecified atom stereocenters. The van der Waals surface area contributed by atoms with Gasteiger partial charge in [0.2, 0.25) is 0 Å². The number of carbonyl (C=O) groups is 2. The summed E-state index contributed by atoms with van der Waals surface area (Å²) in [5.74, 6) is -0.542.